The molecule has 0 aliphatic rings. The van der Waals surface area contributed by atoms with Crippen LogP contribution < -0.4 is 0 Å². The maximum atomic E-state index is 4.15. The van der Waals surface area contributed by atoms with E-state index in [9.17, 15) is 0 Å². The van der Waals surface area contributed by atoms with Crippen LogP contribution in [0.1, 0.15) is 10.6 Å². The van der Waals surface area contributed by atoms with Gasteiger partial charge in [-0.3, -0.25) is 0 Å². The van der Waals surface area contributed by atoms with Crippen molar-refractivity contribution in [3.63, 3.8) is 0 Å². The highest BCUT2D eigenvalue weighted by Crippen LogP contribution is 2.24. The van der Waals surface area contributed by atoms with Gasteiger partial charge in [-0.2, -0.15) is 0 Å². The van der Waals surface area contributed by atoms with Crippen molar-refractivity contribution in [2.75, 3.05) is 0 Å². The molecule has 1 rings (SSSR count). The molecule has 0 radical (unpaired) electrons. The Morgan fingerprint density at radius 3 is 2.50 bits per heavy atom. The Kier molecular flexibility index (Phi) is 2.40. The summed E-state index contributed by atoms with van der Waals surface area (Å²) in [7, 11) is 0. The second-order valence-electron chi connectivity index (χ2n) is 1.62. The van der Waals surface area contributed by atoms with Crippen LogP contribution in [0.4, 0.5) is 0 Å². The molecule has 0 saturated heterocycles. The van der Waals surface area contributed by atoms with Crippen LogP contribution in [0.5, 0.6) is 0 Å². The number of hydrogen-bond acceptors (Lipinski definition) is 2. The van der Waals surface area contributed by atoms with E-state index < -0.39 is 0 Å². The monoisotopic (exact) mass is 215 g/mol. The third-order valence-corrected chi connectivity index (χ3v) is 2.55. The third kappa shape index (κ3) is 1.36. The molecule has 0 atom stereocenters. The summed E-state index contributed by atoms with van der Waals surface area (Å²) in [6.07, 6.45) is 3.50. The van der Waals surface area contributed by atoms with Crippen LogP contribution in [0, 0.1) is 0 Å². The lowest BCUT2D eigenvalue weighted by Gasteiger charge is -1.82. The van der Waals surface area contributed by atoms with E-state index in [4.69, 9.17) is 0 Å². The van der Waals surface area contributed by atoms with Gasteiger partial charge in [0.15, 0.2) is 3.92 Å². The van der Waals surface area contributed by atoms with Crippen molar-refractivity contribution in [3.05, 3.63) is 27.6 Å². The zero-order valence-corrected chi connectivity index (χ0v) is 7.70. The van der Waals surface area contributed by atoms with Crippen molar-refractivity contribution in [2.24, 2.45) is 0 Å². The number of aromatic nitrogens is 1. The highest BCUT2D eigenvalue weighted by Gasteiger charge is 2.01. The van der Waals surface area contributed by atoms with E-state index in [1.807, 2.05) is 0 Å². The first-order chi connectivity index (χ1) is 4.77. The summed E-state index contributed by atoms with van der Waals surface area (Å²) in [5.74, 6) is 0. The summed E-state index contributed by atoms with van der Waals surface area (Å²) < 4.78 is 0.873. The molecule has 1 aromatic rings. The van der Waals surface area contributed by atoms with Crippen molar-refractivity contribution in [2.45, 2.75) is 0 Å². The number of nitrogens with zero attached hydrogens (tertiary/aromatic N) is 1. The van der Waals surface area contributed by atoms with Crippen LogP contribution in [0.15, 0.2) is 17.1 Å². The second kappa shape index (κ2) is 3.12. The molecule has 0 N–H and O–H groups in total. The van der Waals surface area contributed by atoms with E-state index in [0.29, 0.717) is 0 Å². The van der Waals surface area contributed by atoms with Crippen LogP contribution >= 0.6 is 27.3 Å². The average molecular weight is 216 g/mol. The first-order valence-corrected chi connectivity index (χ1v) is 4.30. The maximum Gasteiger partial charge on any atom is 0.160 e. The second-order valence-corrected chi connectivity index (χ2v) is 3.93. The van der Waals surface area contributed by atoms with Gasteiger partial charge >= 0.3 is 0 Å². The molecule has 1 aromatic heterocycles. The largest absolute Gasteiger partial charge is 0.229 e. The molecule has 0 aliphatic heterocycles. The number of halogens is 1. The van der Waals surface area contributed by atoms with Crippen LogP contribution in [-0.2, 0) is 0 Å². The van der Waals surface area contributed by atoms with Gasteiger partial charge in [0.25, 0.3) is 0 Å². The SMILES string of the molecule is C=Cc1nc(Br)sc1C=C. The van der Waals surface area contributed by atoms with E-state index in [2.05, 4.69) is 34.1 Å². The molecule has 0 saturated carbocycles. The predicted molar refractivity (Wildman–Crippen MR) is 50.0 cm³/mol. The van der Waals surface area contributed by atoms with Crippen LogP contribution in [0.3, 0.4) is 0 Å². The van der Waals surface area contributed by atoms with Crippen LogP contribution in [0.25, 0.3) is 12.2 Å². The summed E-state index contributed by atoms with van der Waals surface area (Å²) >= 11 is 4.83. The Bertz CT molecular complexity index is 239. The zero-order chi connectivity index (χ0) is 7.56. The van der Waals surface area contributed by atoms with E-state index in [0.717, 1.165) is 14.5 Å². The molecule has 0 amide bonds. The molecule has 1 heterocycles. The Balaban J connectivity index is 3.20. The van der Waals surface area contributed by atoms with Gasteiger partial charge in [-0.25, -0.2) is 4.98 Å². The summed E-state index contributed by atoms with van der Waals surface area (Å²) in [5, 5.41) is 0. The Morgan fingerprint density at radius 2 is 2.10 bits per heavy atom. The molecule has 52 valence electrons. The molecule has 0 fully saturated rings. The van der Waals surface area contributed by atoms with Gasteiger partial charge < -0.3 is 0 Å². The smallest absolute Gasteiger partial charge is 0.160 e. The predicted octanol–water partition coefficient (Wildman–Crippen LogP) is 3.19. The number of rotatable bonds is 2. The first-order valence-electron chi connectivity index (χ1n) is 2.69. The van der Waals surface area contributed by atoms with Gasteiger partial charge in [0.1, 0.15) is 0 Å². The lowest BCUT2D eigenvalue weighted by molar-refractivity contribution is 1.34. The Hall–Kier alpha value is -0.410. The zero-order valence-electron chi connectivity index (χ0n) is 5.30. The van der Waals surface area contributed by atoms with Gasteiger partial charge in [-0.1, -0.05) is 13.2 Å². The van der Waals surface area contributed by atoms with Crippen molar-refractivity contribution in [1.82, 2.24) is 4.98 Å². The number of hydrogen-bond donors (Lipinski definition) is 0. The molecule has 0 aliphatic carbocycles. The fraction of sp³-hybridized carbons (Fsp3) is 0. The molecule has 0 bridgehead atoms. The molecular weight excluding hydrogens is 210 g/mol. The lowest BCUT2D eigenvalue weighted by atomic mass is 10.3. The summed E-state index contributed by atoms with van der Waals surface area (Å²) in [5.41, 5.74) is 0.895. The first kappa shape index (κ1) is 7.69. The quantitative estimate of drug-likeness (QED) is 0.739. The summed E-state index contributed by atoms with van der Waals surface area (Å²) in [6.45, 7) is 7.28. The minimum absolute atomic E-state index is 0.873. The minimum Gasteiger partial charge on any atom is -0.229 e. The molecule has 3 heteroatoms. The lowest BCUT2D eigenvalue weighted by Crippen LogP contribution is -1.71. The fourth-order valence-corrected chi connectivity index (χ4v) is 1.96. The van der Waals surface area contributed by atoms with Gasteiger partial charge in [-0.05, 0) is 28.1 Å². The minimum atomic E-state index is 0.873. The van der Waals surface area contributed by atoms with E-state index in [1.165, 1.54) is 0 Å². The van der Waals surface area contributed by atoms with Gasteiger partial charge in [0.2, 0.25) is 0 Å². The topological polar surface area (TPSA) is 12.9 Å². The standard InChI is InChI=1S/C7H6BrNS/c1-3-5-6(4-2)10-7(8)9-5/h3-4H,1-2H2. The maximum absolute atomic E-state index is 4.15. The van der Waals surface area contributed by atoms with E-state index >= 15 is 0 Å². The van der Waals surface area contributed by atoms with Gasteiger partial charge in [-0.15, -0.1) is 11.3 Å². The normalized spacial score (nSPS) is 9.30. The fourth-order valence-electron chi connectivity index (χ4n) is 0.608. The number of thiazole rings is 1. The van der Waals surface area contributed by atoms with Crippen molar-refractivity contribution in [3.8, 4) is 0 Å². The van der Waals surface area contributed by atoms with E-state index in [1.54, 1.807) is 23.5 Å². The molecule has 0 spiro atoms. The molecule has 0 unspecified atom stereocenters. The molecule has 10 heavy (non-hydrogen) atoms. The van der Waals surface area contributed by atoms with Gasteiger partial charge in [0, 0.05) is 0 Å². The average Bonchev–Trinajstić information content (AvgIpc) is 2.30. The molecule has 1 nitrogen and oxygen atoms in total. The highest BCUT2D eigenvalue weighted by molar-refractivity contribution is 9.11. The Labute approximate surface area is 72.2 Å². The van der Waals surface area contributed by atoms with Crippen LogP contribution in [0.2, 0.25) is 0 Å². The molecule has 0 aromatic carbocycles. The van der Waals surface area contributed by atoms with Crippen LogP contribution in [-0.4, -0.2) is 4.98 Å². The third-order valence-electron chi connectivity index (χ3n) is 1.03. The summed E-state index contributed by atoms with van der Waals surface area (Å²) in [6, 6.07) is 0. The van der Waals surface area contributed by atoms with E-state index in [-0.39, 0.29) is 0 Å². The molecular formula is C7H6BrNS. The highest BCUT2D eigenvalue weighted by atomic mass is 79.9. The van der Waals surface area contributed by atoms with Crippen molar-refractivity contribution >= 4 is 39.4 Å². The van der Waals surface area contributed by atoms with Crippen molar-refractivity contribution in [1.29, 1.82) is 0 Å². The van der Waals surface area contributed by atoms with Crippen molar-refractivity contribution < 1.29 is 0 Å². The summed E-state index contributed by atoms with van der Waals surface area (Å²) in [4.78, 5) is 5.20. The Morgan fingerprint density at radius 1 is 1.40 bits per heavy atom. The van der Waals surface area contributed by atoms with Gasteiger partial charge in [0.05, 0.1) is 10.6 Å².